The molecule has 1 atom stereocenters. The van der Waals surface area contributed by atoms with E-state index in [1.165, 1.54) is 0 Å². The lowest BCUT2D eigenvalue weighted by atomic mass is 10.1. The summed E-state index contributed by atoms with van der Waals surface area (Å²) in [6.45, 7) is 3.93. The maximum atomic E-state index is 11.7. The molecule has 0 bridgehead atoms. The lowest BCUT2D eigenvalue weighted by Gasteiger charge is -2.17. The van der Waals surface area contributed by atoms with Gasteiger partial charge in [0.05, 0.1) is 11.6 Å². The molecule has 17 heavy (non-hydrogen) atoms. The minimum Gasteiger partial charge on any atom is -0.464 e. The molecule has 0 spiro atoms. The summed E-state index contributed by atoms with van der Waals surface area (Å²) in [6, 6.07) is 9.39. The van der Waals surface area contributed by atoms with Gasteiger partial charge in [0.2, 0.25) is 0 Å². The molecule has 1 N–H and O–H groups in total. The summed E-state index contributed by atoms with van der Waals surface area (Å²) in [5.41, 5.74) is 1.08. The van der Waals surface area contributed by atoms with E-state index in [4.69, 9.17) is 17.0 Å². The lowest BCUT2D eigenvalue weighted by molar-refractivity contribution is -0.145. The van der Waals surface area contributed by atoms with Gasteiger partial charge >= 0.3 is 5.97 Å². The van der Waals surface area contributed by atoms with E-state index in [1.54, 1.807) is 13.8 Å². The van der Waals surface area contributed by atoms with Crippen LogP contribution in [0.3, 0.4) is 0 Å². The monoisotopic (exact) mass is 251 g/mol. The van der Waals surface area contributed by atoms with Crippen LogP contribution in [0.2, 0.25) is 0 Å². The summed E-state index contributed by atoms with van der Waals surface area (Å²) < 4.78 is 5.02. The summed E-state index contributed by atoms with van der Waals surface area (Å²) in [4.78, 5) is 12.3. The first kappa shape index (κ1) is 13.6. The van der Waals surface area contributed by atoms with E-state index in [0.717, 1.165) is 5.56 Å². The number of hydrogen-bond donors (Lipinski definition) is 1. The molecule has 0 aliphatic rings. The van der Waals surface area contributed by atoms with E-state index in [1.807, 2.05) is 30.3 Å². The number of nitrogens with one attached hydrogen (secondary N) is 1. The summed E-state index contributed by atoms with van der Waals surface area (Å²) in [5.74, 6) is -0.263. The molecule has 0 heterocycles. The van der Waals surface area contributed by atoms with Gasteiger partial charge in [0.1, 0.15) is 6.04 Å². The van der Waals surface area contributed by atoms with Crippen molar-refractivity contribution in [2.75, 3.05) is 6.61 Å². The number of hydrogen-bond acceptors (Lipinski definition) is 3. The summed E-state index contributed by atoms with van der Waals surface area (Å²) in [6.07, 6.45) is 0.577. The second-order valence-corrected chi connectivity index (χ2v) is 4.31. The second-order valence-electron chi connectivity index (χ2n) is 3.69. The van der Waals surface area contributed by atoms with Crippen LogP contribution in [0.15, 0.2) is 30.3 Å². The maximum absolute atomic E-state index is 11.7. The SMILES string of the molecule is CCOC(=O)[C@H](Cc1ccccc1)NC(C)=S. The van der Waals surface area contributed by atoms with Crippen LogP contribution in [0.1, 0.15) is 19.4 Å². The van der Waals surface area contributed by atoms with Crippen molar-refractivity contribution in [1.29, 1.82) is 0 Å². The minimum absolute atomic E-state index is 0.263. The van der Waals surface area contributed by atoms with Crippen LogP contribution in [-0.4, -0.2) is 23.6 Å². The number of carbonyl (C=O) groups is 1. The van der Waals surface area contributed by atoms with Crippen molar-refractivity contribution >= 4 is 23.2 Å². The number of esters is 1. The average molecular weight is 251 g/mol. The molecule has 0 fully saturated rings. The van der Waals surface area contributed by atoms with Crippen molar-refractivity contribution in [3.05, 3.63) is 35.9 Å². The van der Waals surface area contributed by atoms with Crippen molar-refractivity contribution in [1.82, 2.24) is 5.32 Å². The fraction of sp³-hybridized carbons (Fsp3) is 0.385. The van der Waals surface area contributed by atoms with Crippen LogP contribution in [0, 0.1) is 0 Å². The normalized spacial score (nSPS) is 11.6. The highest BCUT2D eigenvalue weighted by molar-refractivity contribution is 7.80. The molecule has 0 aliphatic heterocycles. The van der Waals surface area contributed by atoms with Crippen LogP contribution < -0.4 is 5.32 Å². The van der Waals surface area contributed by atoms with Gasteiger partial charge < -0.3 is 10.1 Å². The van der Waals surface area contributed by atoms with Crippen LogP contribution in [0.25, 0.3) is 0 Å². The molecule has 92 valence electrons. The van der Waals surface area contributed by atoms with Crippen molar-refractivity contribution in [3.8, 4) is 0 Å². The fourth-order valence-corrected chi connectivity index (χ4v) is 1.67. The first-order chi connectivity index (χ1) is 8.13. The van der Waals surface area contributed by atoms with E-state index in [2.05, 4.69) is 5.32 Å². The van der Waals surface area contributed by atoms with Gasteiger partial charge in [0.15, 0.2) is 0 Å². The topological polar surface area (TPSA) is 38.3 Å². The summed E-state index contributed by atoms with van der Waals surface area (Å²) in [5, 5.41) is 2.97. The van der Waals surface area contributed by atoms with E-state index in [9.17, 15) is 4.79 Å². The van der Waals surface area contributed by atoms with Gasteiger partial charge in [-0.15, -0.1) is 0 Å². The van der Waals surface area contributed by atoms with Crippen molar-refractivity contribution < 1.29 is 9.53 Å². The van der Waals surface area contributed by atoms with Gasteiger partial charge in [-0.1, -0.05) is 42.5 Å². The van der Waals surface area contributed by atoms with Crippen LogP contribution in [0.4, 0.5) is 0 Å². The molecule has 0 radical (unpaired) electrons. The molecule has 4 heteroatoms. The molecule has 0 saturated carbocycles. The standard InChI is InChI=1S/C13H17NO2S/c1-3-16-13(15)12(14-10(2)17)9-11-7-5-4-6-8-11/h4-8,12H,3,9H2,1-2H3,(H,14,17)/t12-/m0/s1. The maximum Gasteiger partial charge on any atom is 0.328 e. The Balaban J connectivity index is 2.70. The Morgan fingerprint density at radius 3 is 2.59 bits per heavy atom. The molecule has 0 aromatic heterocycles. The highest BCUT2D eigenvalue weighted by atomic mass is 32.1. The highest BCUT2D eigenvalue weighted by Gasteiger charge is 2.19. The van der Waals surface area contributed by atoms with Gasteiger partial charge in [0, 0.05) is 6.42 Å². The van der Waals surface area contributed by atoms with Gasteiger partial charge in [-0.25, -0.2) is 4.79 Å². The van der Waals surface area contributed by atoms with Crippen LogP contribution in [-0.2, 0) is 16.0 Å². The number of benzene rings is 1. The first-order valence-corrected chi connectivity index (χ1v) is 6.02. The Kier molecular flexibility index (Phi) is 5.63. The zero-order valence-corrected chi connectivity index (χ0v) is 10.9. The van der Waals surface area contributed by atoms with Crippen LogP contribution >= 0.6 is 12.2 Å². The van der Waals surface area contributed by atoms with Gasteiger partial charge in [-0.2, -0.15) is 0 Å². The third kappa shape index (κ3) is 4.95. The molecule has 1 aromatic carbocycles. The Hall–Kier alpha value is -1.42. The molecule has 1 aromatic rings. The van der Waals surface area contributed by atoms with Crippen molar-refractivity contribution in [2.24, 2.45) is 0 Å². The fourth-order valence-electron chi connectivity index (χ4n) is 1.53. The zero-order chi connectivity index (χ0) is 12.7. The molecular formula is C13H17NO2S. The zero-order valence-electron chi connectivity index (χ0n) is 10.1. The van der Waals surface area contributed by atoms with Crippen molar-refractivity contribution in [3.63, 3.8) is 0 Å². The number of rotatable bonds is 5. The predicted molar refractivity (Wildman–Crippen MR) is 72.0 cm³/mol. The van der Waals surface area contributed by atoms with E-state index in [-0.39, 0.29) is 5.97 Å². The molecule has 0 aliphatic carbocycles. The Morgan fingerprint density at radius 1 is 1.41 bits per heavy atom. The summed E-state index contributed by atoms with van der Waals surface area (Å²) >= 11 is 4.97. The Labute approximate surface area is 107 Å². The molecular weight excluding hydrogens is 234 g/mol. The third-order valence-electron chi connectivity index (χ3n) is 2.23. The number of ether oxygens (including phenoxy) is 1. The predicted octanol–water partition coefficient (Wildman–Crippen LogP) is 2.10. The Bertz CT molecular complexity index is 378. The van der Waals surface area contributed by atoms with Gasteiger partial charge in [0.25, 0.3) is 0 Å². The van der Waals surface area contributed by atoms with Crippen molar-refractivity contribution in [2.45, 2.75) is 26.3 Å². The quantitative estimate of drug-likeness (QED) is 0.642. The van der Waals surface area contributed by atoms with E-state index >= 15 is 0 Å². The molecule has 0 amide bonds. The smallest absolute Gasteiger partial charge is 0.328 e. The second kappa shape index (κ2) is 7.01. The minimum atomic E-state index is -0.408. The lowest BCUT2D eigenvalue weighted by Crippen LogP contribution is -2.41. The third-order valence-corrected chi connectivity index (χ3v) is 2.35. The Morgan fingerprint density at radius 2 is 2.06 bits per heavy atom. The van der Waals surface area contributed by atoms with Gasteiger partial charge in [-0.3, -0.25) is 0 Å². The van der Waals surface area contributed by atoms with Crippen LogP contribution in [0.5, 0.6) is 0 Å². The molecule has 0 unspecified atom stereocenters. The number of carbonyl (C=O) groups excluding carboxylic acids is 1. The number of thiocarbonyl (C=S) groups is 1. The van der Waals surface area contributed by atoms with Gasteiger partial charge in [-0.05, 0) is 19.4 Å². The first-order valence-electron chi connectivity index (χ1n) is 5.61. The average Bonchev–Trinajstić information content (AvgIpc) is 2.29. The largest absolute Gasteiger partial charge is 0.464 e. The molecule has 1 rings (SSSR count). The van der Waals surface area contributed by atoms with E-state index < -0.39 is 6.04 Å². The molecule has 3 nitrogen and oxygen atoms in total. The summed E-state index contributed by atoms with van der Waals surface area (Å²) in [7, 11) is 0. The highest BCUT2D eigenvalue weighted by Crippen LogP contribution is 2.05. The molecule has 0 saturated heterocycles. The van der Waals surface area contributed by atoms with E-state index in [0.29, 0.717) is 18.0 Å².